The molecule has 0 aliphatic rings. The van der Waals surface area contributed by atoms with Gasteiger partial charge in [-0.3, -0.25) is 0 Å². The average Bonchev–Trinajstić information content (AvgIpc) is 2.02. The first-order valence-corrected chi connectivity index (χ1v) is 4.37. The van der Waals surface area contributed by atoms with Gasteiger partial charge >= 0.3 is 0 Å². The first-order chi connectivity index (χ1) is 5.93. The van der Waals surface area contributed by atoms with Crippen LogP contribution in [0, 0.1) is 0 Å². The van der Waals surface area contributed by atoms with Crippen molar-refractivity contribution >= 4 is 11.5 Å². The minimum absolute atomic E-state index is 0.0666. The number of hydrogen-bond acceptors (Lipinski definition) is 3. The second-order valence-electron chi connectivity index (χ2n) is 4.14. The largest absolute Gasteiger partial charge is 0.382 e. The Balaban J connectivity index is 3.02. The number of rotatable bonds is 1. The maximum absolute atomic E-state index is 5.77. The van der Waals surface area contributed by atoms with Gasteiger partial charge < -0.3 is 10.6 Å². The Morgan fingerprint density at radius 1 is 1.38 bits per heavy atom. The van der Waals surface area contributed by atoms with Crippen LogP contribution >= 0.6 is 0 Å². The second-order valence-corrected chi connectivity index (χ2v) is 4.14. The number of hydrogen-bond donors (Lipinski definition) is 1. The lowest BCUT2D eigenvalue weighted by Crippen LogP contribution is -2.38. The molecule has 0 atom stereocenters. The molecule has 0 spiro atoms. The van der Waals surface area contributed by atoms with Crippen LogP contribution < -0.4 is 10.6 Å². The quantitative estimate of drug-likeness (QED) is 0.716. The molecule has 3 heteroatoms. The van der Waals surface area contributed by atoms with Crippen LogP contribution in [0.25, 0.3) is 0 Å². The predicted molar refractivity (Wildman–Crippen MR) is 56.8 cm³/mol. The van der Waals surface area contributed by atoms with Crippen molar-refractivity contribution in [3.05, 3.63) is 18.3 Å². The van der Waals surface area contributed by atoms with Gasteiger partial charge in [-0.15, -0.1) is 0 Å². The highest BCUT2D eigenvalue weighted by Gasteiger charge is 2.19. The number of nitrogens with two attached hydrogens (primary N) is 1. The third-order valence-electron chi connectivity index (χ3n) is 2.18. The molecule has 0 aliphatic heterocycles. The molecule has 0 aromatic carbocycles. The lowest BCUT2D eigenvalue weighted by Gasteiger charge is -2.34. The van der Waals surface area contributed by atoms with E-state index in [1.807, 2.05) is 19.2 Å². The van der Waals surface area contributed by atoms with E-state index in [-0.39, 0.29) is 5.54 Å². The van der Waals surface area contributed by atoms with Gasteiger partial charge in [0.05, 0.1) is 5.69 Å². The molecule has 1 aromatic heterocycles. The molecule has 1 heterocycles. The standard InChI is InChI=1S/C10H17N3/c1-10(2,3)13(4)8-6-5-7-12-9(8)11/h5-7H,1-4H3,(H2,11,12). The van der Waals surface area contributed by atoms with Gasteiger partial charge in [-0.1, -0.05) is 0 Å². The molecule has 13 heavy (non-hydrogen) atoms. The fraction of sp³-hybridized carbons (Fsp3) is 0.500. The lowest BCUT2D eigenvalue weighted by atomic mass is 10.1. The topological polar surface area (TPSA) is 42.2 Å². The summed E-state index contributed by atoms with van der Waals surface area (Å²) in [5, 5.41) is 0. The predicted octanol–water partition coefficient (Wildman–Crippen LogP) is 1.90. The Morgan fingerprint density at radius 3 is 2.46 bits per heavy atom. The summed E-state index contributed by atoms with van der Waals surface area (Å²) in [6, 6.07) is 3.88. The van der Waals surface area contributed by atoms with Crippen LogP contribution in [0.4, 0.5) is 11.5 Å². The van der Waals surface area contributed by atoms with E-state index in [1.165, 1.54) is 0 Å². The van der Waals surface area contributed by atoms with E-state index in [1.54, 1.807) is 6.20 Å². The highest BCUT2D eigenvalue weighted by Crippen LogP contribution is 2.25. The number of anilines is 2. The monoisotopic (exact) mass is 179 g/mol. The third kappa shape index (κ3) is 2.11. The van der Waals surface area contributed by atoms with Gasteiger partial charge in [0.2, 0.25) is 0 Å². The minimum atomic E-state index is 0.0666. The molecule has 0 bridgehead atoms. The molecule has 2 N–H and O–H groups in total. The van der Waals surface area contributed by atoms with E-state index in [4.69, 9.17) is 5.73 Å². The smallest absolute Gasteiger partial charge is 0.146 e. The summed E-state index contributed by atoms with van der Waals surface area (Å²) < 4.78 is 0. The first-order valence-electron chi connectivity index (χ1n) is 4.37. The Labute approximate surface area is 79.6 Å². The average molecular weight is 179 g/mol. The number of nitrogens with zero attached hydrogens (tertiary/aromatic N) is 2. The molecular weight excluding hydrogens is 162 g/mol. The van der Waals surface area contributed by atoms with Gasteiger partial charge in [-0.05, 0) is 32.9 Å². The van der Waals surface area contributed by atoms with Gasteiger partial charge in [-0.25, -0.2) is 4.98 Å². The summed E-state index contributed by atoms with van der Waals surface area (Å²) in [4.78, 5) is 6.17. The summed E-state index contributed by atoms with van der Waals surface area (Å²) >= 11 is 0. The molecule has 0 radical (unpaired) electrons. The normalized spacial score (nSPS) is 11.4. The van der Waals surface area contributed by atoms with Crippen LogP contribution in [0.5, 0.6) is 0 Å². The van der Waals surface area contributed by atoms with Gasteiger partial charge in [0, 0.05) is 18.8 Å². The van der Waals surface area contributed by atoms with E-state index in [9.17, 15) is 0 Å². The van der Waals surface area contributed by atoms with Crippen molar-refractivity contribution in [3.8, 4) is 0 Å². The Morgan fingerprint density at radius 2 is 2.00 bits per heavy atom. The fourth-order valence-corrected chi connectivity index (χ4v) is 1.05. The summed E-state index contributed by atoms with van der Waals surface area (Å²) in [5.74, 6) is 0.583. The summed E-state index contributed by atoms with van der Waals surface area (Å²) in [6.07, 6.45) is 1.70. The molecule has 0 aliphatic carbocycles. The summed E-state index contributed by atoms with van der Waals surface area (Å²) in [5.41, 5.74) is 6.81. The van der Waals surface area contributed by atoms with Gasteiger partial charge in [-0.2, -0.15) is 0 Å². The number of pyridine rings is 1. The minimum Gasteiger partial charge on any atom is -0.382 e. The molecule has 0 saturated carbocycles. The van der Waals surface area contributed by atoms with E-state index in [0.717, 1.165) is 5.69 Å². The van der Waals surface area contributed by atoms with Crippen LogP contribution in [0.15, 0.2) is 18.3 Å². The maximum Gasteiger partial charge on any atom is 0.146 e. The SMILES string of the molecule is CN(c1cccnc1N)C(C)(C)C. The molecule has 3 nitrogen and oxygen atoms in total. The summed E-state index contributed by atoms with van der Waals surface area (Å²) in [7, 11) is 2.02. The van der Waals surface area contributed by atoms with Gasteiger partial charge in [0.15, 0.2) is 0 Å². The van der Waals surface area contributed by atoms with Crippen LogP contribution in [-0.2, 0) is 0 Å². The second kappa shape index (κ2) is 3.24. The van der Waals surface area contributed by atoms with Crippen molar-refractivity contribution in [1.29, 1.82) is 0 Å². The maximum atomic E-state index is 5.77. The Bertz CT molecular complexity index is 288. The molecule has 0 saturated heterocycles. The zero-order chi connectivity index (χ0) is 10.1. The zero-order valence-corrected chi connectivity index (χ0v) is 8.70. The van der Waals surface area contributed by atoms with E-state index >= 15 is 0 Å². The Kier molecular flexibility index (Phi) is 2.45. The highest BCUT2D eigenvalue weighted by molar-refractivity contribution is 5.63. The van der Waals surface area contributed by atoms with Crippen LogP contribution in [0.2, 0.25) is 0 Å². The molecule has 72 valence electrons. The van der Waals surface area contributed by atoms with Crippen molar-refractivity contribution in [2.24, 2.45) is 0 Å². The van der Waals surface area contributed by atoms with Crippen LogP contribution in [0.3, 0.4) is 0 Å². The van der Waals surface area contributed by atoms with Crippen molar-refractivity contribution in [1.82, 2.24) is 4.98 Å². The van der Waals surface area contributed by atoms with E-state index < -0.39 is 0 Å². The molecule has 1 aromatic rings. The zero-order valence-electron chi connectivity index (χ0n) is 8.70. The lowest BCUT2D eigenvalue weighted by molar-refractivity contribution is 0.539. The van der Waals surface area contributed by atoms with Crippen molar-refractivity contribution in [2.75, 3.05) is 17.7 Å². The molecular formula is C10H17N3. The third-order valence-corrected chi connectivity index (χ3v) is 2.18. The number of nitrogen functional groups attached to an aromatic ring is 1. The molecule has 0 amide bonds. The van der Waals surface area contributed by atoms with Crippen molar-refractivity contribution in [2.45, 2.75) is 26.3 Å². The molecule has 1 rings (SSSR count). The Hall–Kier alpha value is -1.25. The molecule has 0 fully saturated rings. The van der Waals surface area contributed by atoms with E-state index in [0.29, 0.717) is 5.82 Å². The van der Waals surface area contributed by atoms with Crippen LogP contribution in [0.1, 0.15) is 20.8 Å². The van der Waals surface area contributed by atoms with E-state index in [2.05, 4.69) is 30.7 Å². The fourth-order valence-electron chi connectivity index (χ4n) is 1.05. The van der Waals surface area contributed by atoms with Gasteiger partial charge in [0.25, 0.3) is 0 Å². The summed E-state index contributed by atoms with van der Waals surface area (Å²) in [6.45, 7) is 6.41. The van der Waals surface area contributed by atoms with Gasteiger partial charge in [0.1, 0.15) is 5.82 Å². The van der Waals surface area contributed by atoms with Crippen molar-refractivity contribution in [3.63, 3.8) is 0 Å². The van der Waals surface area contributed by atoms with Crippen LogP contribution in [-0.4, -0.2) is 17.6 Å². The first kappa shape index (κ1) is 9.84. The van der Waals surface area contributed by atoms with Crippen molar-refractivity contribution < 1.29 is 0 Å². The molecule has 0 unspecified atom stereocenters. The number of aromatic nitrogens is 1. The highest BCUT2D eigenvalue weighted by atomic mass is 15.2.